The van der Waals surface area contributed by atoms with Gasteiger partial charge in [-0.1, -0.05) is 60.1 Å². The Labute approximate surface area is 152 Å². The number of rotatable bonds is 6. The Hall–Kier alpha value is -2.84. The van der Waals surface area contributed by atoms with Gasteiger partial charge in [0.25, 0.3) is 0 Å². The molecule has 0 bridgehead atoms. The zero-order valence-electron chi connectivity index (χ0n) is 13.6. The number of ether oxygens (including phenoxy) is 1. The van der Waals surface area contributed by atoms with E-state index in [1.807, 2.05) is 54.6 Å². The van der Waals surface area contributed by atoms with Crippen LogP contribution in [-0.2, 0) is 6.61 Å². The first-order valence-corrected chi connectivity index (χ1v) is 8.34. The number of halogens is 1. The molecule has 0 radical (unpaired) electrons. The average Bonchev–Trinajstić information content (AvgIpc) is 2.66. The number of para-hydroxylation sites is 1. The Morgan fingerprint density at radius 2 is 1.56 bits per heavy atom. The van der Waals surface area contributed by atoms with E-state index < -0.39 is 0 Å². The van der Waals surface area contributed by atoms with Crippen LogP contribution >= 0.6 is 11.6 Å². The number of benzene rings is 3. The highest BCUT2D eigenvalue weighted by Gasteiger charge is 2.04. The molecule has 25 heavy (non-hydrogen) atoms. The predicted octanol–water partition coefficient (Wildman–Crippen LogP) is 5.82. The van der Waals surface area contributed by atoms with Crippen LogP contribution in [0.1, 0.15) is 21.5 Å². The molecule has 0 aliphatic heterocycles. The van der Waals surface area contributed by atoms with Gasteiger partial charge in [-0.3, -0.25) is 4.79 Å². The van der Waals surface area contributed by atoms with Crippen molar-refractivity contribution in [1.82, 2.24) is 0 Å². The van der Waals surface area contributed by atoms with Crippen molar-refractivity contribution in [2.45, 2.75) is 6.61 Å². The summed E-state index contributed by atoms with van der Waals surface area (Å²) >= 11 is 5.85. The Kier molecular flexibility index (Phi) is 5.65. The minimum absolute atomic E-state index is 0.0745. The van der Waals surface area contributed by atoms with Crippen molar-refractivity contribution in [2.24, 2.45) is 0 Å². The monoisotopic (exact) mass is 348 g/mol. The van der Waals surface area contributed by atoms with Crippen LogP contribution in [0.15, 0.2) is 84.9 Å². The summed E-state index contributed by atoms with van der Waals surface area (Å²) in [5.41, 5.74) is 2.56. The third-order valence-corrected chi connectivity index (χ3v) is 3.95. The predicted molar refractivity (Wildman–Crippen MR) is 102 cm³/mol. The van der Waals surface area contributed by atoms with Gasteiger partial charge in [-0.05, 0) is 48.0 Å². The molecule has 0 N–H and O–H groups in total. The number of hydrogen-bond donors (Lipinski definition) is 0. The normalized spacial score (nSPS) is 10.8. The van der Waals surface area contributed by atoms with Crippen molar-refractivity contribution in [1.29, 1.82) is 0 Å². The summed E-state index contributed by atoms with van der Waals surface area (Å²) in [4.78, 5) is 12.2. The Morgan fingerprint density at radius 1 is 0.880 bits per heavy atom. The summed E-state index contributed by atoms with van der Waals surface area (Å²) in [6, 6.07) is 24.5. The van der Waals surface area contributed by atoms with Crippen LogP contribution in [0.5, 0.6) is 5.75 Å². The molecule has 3 aromatic rings. The molecule has 0 atom stereocenters. The standard InChI is InChI=1S/C22H17ClO2/c23-20-13-10-18(11-14-20)21(24)15-12-19-8-4-5-9-22(19)25-16-17-6-2-1-3-7-17/h1-15H,16H2. The molecule has 0 aromatic heterocycles. The lowest BCUT2D eigenvalue weighted by Gasteiger charge is -2.09. The maximum atomic E-state index is 12.2. The van der Waals surface area contributed by atoms with Crippen molar-refractivity contribution in [3.63, 3.8) is 0 Å². The van der Waals surface area contributed by atoms with Gasteiger partial charge in [0.1, 0.15) is 12.4 Å². The van der Waals surface area contributed by atoms with Gasteiger partial charge < -0.3 is 4.74 Å². The number of ketones is 1. The molecule has 0 amide bonds. The van der Waals surface area contributed by atoms with Gasteiger partial charge in [-0.15, -0.1) is 0 Å². The summed E-state index contributed by atoms with van der Waals surface area (Å²) < 4.78 is 5.90. The third-order valence-electron chi connectivity index (χ3n) is 3.70. The fourth-order valence-electron chi connectivity index (χ4n) is 2.36. The van der Waals surface area contributed by atoms with Gasteiger partial charge in [0.2, 0.25) is 0 Å². The van der Waals surface area contributed by atoms with Crippen molar-refractivity contribution >= 4 is 23.5 Å². The SMILES string of the molecule is O=C(C=Cc1ccccc1OCc1ccccc1)c1ccc(Cl)cc1. The maximum absolute atomic E-state index is 12.2. The number of hydrogen-bond acceptors (Lipinski definition) is 2. The van der Waals surface area contributed by atoms with E-state index in [1.54, 1.807) is 36.4 Å². The minimum Gasteiger partial charge on any atom is -0.488 e. The van der Waals surface area contributed by atoms with E-state index >= 15 is 0 Å². The van der Waals surface area contributed by atoms with Gasteiger partial charge >= 0.3 is 0 Å². The fraction of sp³-hybridized carbons (Fsp3) is 0.0455. The van der Waals surface area contributed by atoms with Crippen LogP contribution in [-0.4, -0.2) is 5.78 Å². The molecule has 2 nitrogen and oxygen atoms in total. The molecule has 3 heteroatoms. The fourth-order valence-corrected chi connectivity index (χ4v) is 2.49. The molecule has 0 saturated heterocycles. The highest BCUT2D eigenvalue weighted by atomic mass is 35.5. The summed E-state index contributed by atoms with van der Waals surface area (Å²) in [6.07, 6.45) is 3.32. The topological polar surface area (TPSA) is 26.3 Å². The first-order valence-electron chi connectivity index (χ1n) is 7.96. The van der Waals surface area contributed by atoms with E-state index in [2.05, 4.69) is 0 Å². The molecule has 124 valence electrons. The summed E-state index contributed by atoms with van der Waals surface area (Å²) in [7, 11) is 0. The summed E-state index contributed by atoms with van der Waals surface area (Å²) in [5.74, 6) is 0.668. The molecule has 0 aliphatic carbocycles. The quantitative estimate of drug-likeness (QED) is 0.414. The molecule has 0 heterocycles. The lowest BCUT2D eigenvalue weighted by atomic mass is 10.1. The molecule has 0 aliphatic rings. The van der Waals surface area contributed by atoms with E-state index in [1.165, 1.54) is 0 Å². The Morgan fingerprint density at radius 3 is 2.32 bits per heavy atom. The van der Waals surface area contributed by atoms with Crippen LogP contribution < -0.4 is 4.74 Å². The van der Waals surface area contributed by atoms with Crippen LogP contribution in [0.25, 0.3) is 6.08 Å². The third kappa shape index (κ3) is 4.82. The highest BCUT2D eigenvalue weighted by molar-refractivity contribution is 6.30. The lowest BCUT2D eigenvalue weighted by Crippen LogP contribution is -1.97. The van der Waals surface area contributed by atoms with Crippen molar-refractivity contribution in [3.8, 4) is 5.75 Å². The van der Waals surface area contributed by atoms with E-state index in [0.29, 0.717) is 17.2 Å². The van der Waals surface area contributed by atoms with Crippen molar-refractivity contribution in [3.05, 3.63) is 107 Å². The molecule has 0 saturated carbocycles. The highest BCUT2D eigenvalue weighted by Crippen LogP contribution is 2.21. The Bertz CT molecular complexity index is 868. The average molecular weight is 349 g/mol. The first kappa shape index (κ1) is 17.0. The van der Waals surface area contributed by atoms with E-state index in [0.717, 1.165) is 16.9 Å². The first-order chi connectivity index (χ1) is 12.2. The molecular weight excluding hydrogens is 332 g/mol. The molecule has 3 aromatic carbocycles. The van der Waals surface area contributed by atoms with Gasteiger partial charge in [0.15, 0.2) is 5.78 Å². The van der Waals surface area contributed by atoms with Crippen molar-refractivity contribution in [2.75, 3.05) is 0 Å². The van der Waals surface area contributed by atoms with Crippen LogP contribution in [0, 0.1) is 0 Å². The van der Waals surface area contributed by atoms with Gasteiger partial charge in [-0.2, -0.15) is 0 Å². The molecule has 0 spiro atoms. The van der Waals surface area contributed by atoms with Crippen LogP contribution in [0.4, 0.5) is 0 Å². The second-order valence-electron chi connectivity index (χ2n) is 5.52. The van der Waals surface area contributed by atoms with Gasteiger partial charge in [0, 0.05) is 16.1 Å². The van der Waals surface area contributed by atoms with E-state index in [9.17, 15) is 4.79 Å². The largest absolute Gasteiger partial charge is 0.488 e. The summed E-state index contributed by atoms with van der Waals surface area (Å²) in [5, 5.41) is 0.611. The Balaban J connectivity index is 1.72. The second-order valence-corrected chi connectivity index (χ2v) is 5.95. The molecular formula is C22H17ClO2. The van der Waals surface area contributed by atoms with Crippen LogP contribution in [0.3, 0.4) is 0 Å². The summed E-state index contributed by atoms with van der Waals surface area (Å²) in [6.45, 7) is 0.483. The van der Waals surface area contributed by atoms with E-state index in [4.69, 9.17) is 16.3 Å². The molecule has 3 rings (SSSR count). The van der Waals surface area contributed by atoms with Crippen molar-refractivity contribution < 1.29 is 9.53 Å². The minimum atomic E-state index is -0.0745. The van der Waals surface area contributed by atoms with Crippen LogP contribution in [0.2, 0.25) is 5.02 Å². The van der Waals surface area contributed by atoms with E-state index in [-0.39, 0.29) is 5.78 Å². The lowest BCUT2D eigenvalue weighted by molar-refractivity contribution is 0.104. The maximum Gasteiger partial charge on any atom is 0.185 e. The number of allylic oxidation sites excluding steroid dienone is 1. The second kappa shape index (κ2) is 8.32. The molecule has 0 fully saturated rings. The zero-order valence-corrected chi connectivity index (χ0v) is 14.3. The smallest absolute Gasteiger partial charge is 0.185 e. The molecule has 0 unspecified atom stereocenters. The van der Waals surface area contributed by atoms with Gasteiger partial charge in [0.05, 0.1) is 0 Å². The zero-order chi connectivity index (χ0) is 17.5. The number of carbonyl (C=O) groups excluding carboxylic acids is 1. The number of carbonyl (C=O) groups is 1. The van der Waals surface area contributed by atoms with Gasteiger partial charge in [-0.25, -0.2) is 0 Å².